The van der Waals surface area contributed by atoms with Crippen molar-refractivity contribution in [3.63, 3.8) is 0 Å². The van der Waals surface area contributed by atoms with Crippen molar-refractivity contribution in [3.05, 3.63) is 23.8 Å². The van der Waals surface area contributed by atoms with Gasteiger partial charge in [-0.1, -0.05) is 0 Å². The van der Waals surface area contributed by atoms with Crippen LogP contribution in [0.1, 0.15) is 19.4 Å². The molecule has 19 heavy (non-hydrogen) atoms. The molecule has 0 amide bonds. The van der Waals surface area contributed by atoms with Gasteiger partial charge in [0.15, 0.2) is 0 Å². The molecule has 0 saturated carbocycles. The first-order chi connectivity index (χ1) is 9.05. The molecular formula is C13H16O6. The van der Waals surface area contributed by atoms with Gasteiger partial charge in [0.25, 0.3) is 0 Å². The number of ether oxygens (including phenoxy) is 4. The zero-order valence-corrected chi connectivity index (χ0v) is 11.1. The predicted octanol–water partition coefficient (Wildman–Crippen LogP) is 3.07. The fourth-order valence-electron chi connectivity index (χ4n) is 1.32. The van der Waals surface area contributed by atoms with E-state index in [1.54, 1.807) is 32.9 Å². The van der Waals surface area contributed by atoms with E-state index < -0.39 is 12.3 Å². The highest BCUT2D eigenvalue weighted by molar-refractivity contribution is 5.66. The van der Waals surface area contributed by atoms with Crippen molar-refractivity contribution >= 4 is 12.3 Å². The zero-order chi connectivity index (χ0) is 14.3. The molecule has 0 aliphatic heterocycles. The van der Waals surface area contributed by atoms with Crippen LogP contribution >= 0.6 is 0 Å². The second-order valence-electron chi connectivity index (χ2n) is 3.55. The topological polar surface area (TPSA) is 71.1 Å². The number of hydrogen-bond donors (Lipinski definition) is 0. The van der Waals surface area contributed by atoms with Crippen molar-refractivity contribution in [2.24, 2.45) is 0 Å². The molecule has 0 saturated heterocycles. The third-order valence-corrected chi connectivity index (χ3v) is 1.95. The van der Waals surface area contributed by atoms with Crippen molar-refractivity contribution in [3.8, 4) is 11.5 Å². The molecule has 0 aliphatic rings. The first kappa shape index (κ1) is 14.8. The molecule has 0 atom stereocenters. The average molecular weight is 268 g/mol. The highest BCUT2D eigenvalue weighted by Crippen LogP contribution is 2.23. The van der Waals surface area contributed by atoms with E-state index in [1.165, 1.54) is 6.07 Å². The van der Waals surface area contributed by atoms with Crippen LogP contribution in [-0.2, 0) is 9.47 Å². The van der Waals surface area contributed by atoms with E-state index in [0.717, 1.165) is 5.56 Å². The fraction of sp³-hybridized carbons (Fsp3) is 0.385. The summed E-state index contributed by atoms with van der Waals surface area (Å²) in [5.41, 5.74) is 0.765. The Hall–Kier alpha value is -2.24. The van der Waals surface area contributed by atoms with Crippen molar-refractivity contribution in [1.29, 1.82) is 0 Å². The van der Waals surface area contributed by atoms with Crippen LogP contribution in [-0.4, -0.2) is 25.5 Å². The van der Waals surface area contributed by atoms with Gasteiger partial charge in [-0.15, -0.1) is 0 Å². The Balaban J connectivity index is 2.76. The Kier molecular flexibility index (Phi) is 5.66. The second-order valence-corrected chi connectivity index (χ2v) is 3.55. The Labute approximate surface area is 111 Å². The summed E-state index contributed by atoms with van der Waals surface area (Å²) in [7, 11) is 0. The summed E-state index contributed by atoms with van der Waals surface area (Å²) in [6.45, 7) is 5.56. The summed E-state index contributed by atoms with van der Waals surface area (Å²) < 4.78 is 19.2. The predicted molar refractivity (Wildman–Crippen MR) is 66.5 cm³/mol. The monoisotopic (exact) mass is 268 g/mol. The van der Waals surface area contributed by atoms with Crippen LogP contribution in [0.15, 0.2) is 18.2 Å². The Morgan fingerprint density at radius 1 is 0.895 bits per heavy atom. The number of aryl methyl sites for hydroxylation is 1. The number of carbonyl (C=O) groups is 2. The normalized spacial score (nSPS) is 9.63. The van der Waals surface area contributed by atoms with Crippen LogP contribution in [0.5, 0.6) is 11.5 Å². The van der Waals surface area contributed by atoms with Gasteiger partial charge >= 0.3 is 12.3 Å². The molecule has 0 aliphatic carbocycles. The van der Waals surface area contributed by atoms with Crippen LogP contribution in [0.3, 0.4) is 0 Å². The SMILES string of the molecule is CCOC(=O)Oc1cc(C)cc(OC(=O)OCC)c1. The van der Waals surface area contributed by atoms with Gasteiger partial charge in [-0.3, -0.25) is 0 Å². The number of carbonyl (C=O) groups excluding carboxylic acids is 2. The lowest BCUT2D eigenvalue weighted by Gasteiger charge is -2.08. The van der Waals surface area contributed by atoms with E-state index in [1.807, 2.05) is 0 Å². The van der Waals surface area contributed by atoms with E-state index in [9.17, 15) is 9.59 Å². The molecule has 0 aromatic heterocycles. The highest BCUT2D eigenvalue weighted by Gasteiger charge is 2.10. The molecule has 1 aromatic carbocycles. The van der Waals surface area contributed by atoms with Crippen LogP contribution in [0, 0.1) is 6.92 Å². The van der Waals surface area contributed by atoms with Gasteiger partial charge in [0.1, 0.15) is 11.5 Å². The molecule has 0 radical (unpaired) electrons. The zero-order valence-electron chi connectivity index (χ0n) is 11.1. The van der Waals surface area contributed by atoms with Gasteiger partial charge < -0.3 is 18.9 Å². The van der Waals surface area contributed by atoms with E-state index in [4.69, 9.17) is 9.47 Å². The van der Waals surface area contributed by atoms with Gasteiger partial charge in [-0.05, 0) is 38.5 Å². The molecule has 0 fully saturated rings. The molecule has 0 unspecified atom stereocenters. The fourth-order valence-corrected chi connectivity index (χ4v) is 1.32. The van der Waals surface area contributed by atoms with Crippen LogP contribution in [0.2, 0.25) is 0 Å². The van der Waals surface area contributed by atoms with Gasteiger partial charge in [0.05, 0.1) is 13.2 Å². The molecule has 6 heteroatoms. The maximum atomic E-state index is 11.2. The first-order valence-electron chi connectivity index (χ1n) is 5.86. The van der Waals surface area contributed by atoms with Gasteiger partial charge in [0.2, 0.25) is 0 Å². The van der Waals surface area contributed by atoms with Crippen molar-refractivity contribution in [2.75, 3.05) is 13.2 Å². The summed E-state index contributed by atoms with van der Waals surface area (Å²) in [4.78, 5) is 22.4. The van der Waals surface area contributed by atoms with E-state index in [-0.39, 0.29) is 24.7 Å². The van der Waals surface area contributed by atoms with Crippen molar-refractivity contribution in [1.82, 2.24) is 0 Å². The van der Waals surface area contributed by atoms with Gasteiger partial charge in [-0.25, -0.2) is 9.59 Å². The van der Waals surface area contributed by atoms with Gasteiger partial charge in [-0.2, -0.15) is 0 Å². The quantitative estimate of drug-likeness (QED) is 0.617. The van der Waals surface area contributed by atoms with E-state index >= 15 is 0 Å². The molecule has 0 heterocycles. The lowest BCUT2D eigenvalue weighted by Crippen LogP contribution is -2.12. The Morgan fingerprint density at radius 3 is 1.68 bits per heavy atom. The minimum atomic E-state index is -0.810. The molecule has 0 spiro atoms. The summed E-state index contributed by atoms with van der Waals surface area (Å²) in [6.07, 6.45) is -1.62. The standard InChI is InChI=1S/C13H16O6/c1-4-16-12(14)18-10-6-9(3)7-11(8-10)19-13(15)17-5-2/h6-8H,4-5H2,1-3H3. The van der Waals surface area contributed by atoms with Crippen molar-refractivity contribution in [2.45, 2.75) is 20.8 Å². The third-order valence-electron chi connectivity index (χ3n) is 1.95. The van der Waals surface area contributed by atoms with Crippen LogP contribution < -0.4 is 9.47 Å². The lowest BCUT2D eigenvalue weighted by molar-refractivity contribution is 0.103. The van der Waals surface area contributed by atoms with Crippen LogP contribution in [0.25, 0.3) is 0 Å². The molecule has 1 rings (SSSR count). The van der Waals surface area contributed by atoms with E-state index in [2.05, 4.69) is 9.47 Å². The smallest absolute Gasteiger partial charge is 0.434 e. The largest absolute Gasteiger partial charge is 0.513 e. The Morgan fingerprint density at radius 2 is 1.32 bits per heavy atom. The lowest BCUT2D eigenvalue weighted by atomic mass is 10.2. The highest BCUT2D eigenvalue weighted by atomic mass is 16.7. The number of hydrogen-bond acceptors (Lipinski definition) is 6. The molecule has 104 valence electrons. The molecule has 6 nitrogen and oxygen atoms in total. The minimum Gasteiger partial charge on any atom is -0.434 e. The summed E-state index contributed by atoms with van der Waals surface area (Å²) in [5.74, 6) is 0.468. The summed E-state index contributed by atoms with van der Waals surface area (Å²) in [5, 5.41) is 0. The molecular weight excluding hydrogens is 252 g/mol. The maximum absolute atomic E-state index is 11.2. The number of benzene rings is 1. The first-order valence-corrected chi connectivity index (χ1v) is 5.86. The third kappa shape index (κ3) is 5.29. The molecule has 0 bridgehead atoms. The molecule has 0 N–H and O–H groups in total. The summed E-state index contributed by atoms with van der Waals surface area (Å²) in [6, 6.07) is 4.64. The summed E-state index contributed by atoms with van der Waals surface area (Å²) >= 11 is 0. The second kappa shape index (κ2) is 7.25. The van der Waals surface area contributed by atoms with Crippen LogP contribution in [0.4, 0.5) is 9.59 Å². The number of rotatable bonds is 4. The minimum absolute atomic E-state index is 0.219. The Bertz CT molecular complexity index is 416. The maximum Gasteiger partial charge on any atom is 0.513 e. The molecule has 1 aromatic rings. The van der Waals surface area contributed by atoms with Gasteiger partial charge in [0, 0.05) is 6.07 Å². The van der Waals surface area contributed by atoms with Crippen molar-refractivity contribution < 1.29 is 28.5 Å². The average Bonchev–Trinajstić information content (AvgIpc) is 2.28. The van der Waals surface area contributed by atoms with E-state index in [0.29, 0.717) is 0 Å².